The van der Waals surface area contributed by atoms with Gasteiger partial charge in [-0.15, -0.1) is 11.8 Å². The highest BCUT2D eigenvalue weighted by molar-refractivity contribution is 7.98. The summed E-state index contributed by atoms with van der Waals surface area (Å²) >= 11 is 1.54. The van der Waals surface area contributed by atoms with Gasteiger partial charge in [-0.2, -0.15) is 0 Å². The highest BCUT2D eigenvalue weighted by Crippen LogP contribution is 2.25. The van der Waals surface area contributed by atoms with Gasteiger partial charge in [0, 0.05) is 16.8 Å². The van der Waals surface area contributed by atoms with Crippen LogP contribution in [-0.4, -0.2) is 18.0 Å². The van der Waals surface area contributed by atoms with E-state index in [2.05, 4.69) is 4.98 Å². The second kappa shape index (κ2) is 6.24. The van der Waals surface area contributed by atoms with E-state index in [1.165, 1.54) is 11.8 Å². The number of nitrogens with zero attached hydrogens (tertiary/aromatic N) is 1. The van der Waals surface area contributed by atoms with Gasteiger partial charge in [0.1, 0.15) is 11.4 Å². The van der Waals surface area contributed by atoms with Crippen LogP contribution in [0.3, 0.4) is 0 Å². The summed E-state index contributed by atoms with van der Waals surface area (Å²) in [6, 6.07) is 11.4. The maximum atomic E-state index is 11.2. The Kier molecular flexibility index (Phi) is 4.41. The molecule has 1 aromatic carbocycles. The summed E-state index contributed by atoms with van der Waals surface area (Å²) in [5.41, 5.74) is 6.75. The molecule has 1 amide bonds. The normalized spacial score (nSPS) is 10.2. The molecule has 0 radical (unpaired) electrons. The second-order valence-corrected chi connectivity index (χ2v) is 4.87. The van der Waals surface area contributed by atoms with Gasteiger partial charge in [0.05, 0.1) is 7.11 Å². The first-order valence-corrected chi connectivity index (χ1v) is 6.70. The van der Waals surface area contributed by atoms with E-state index in [1.54, 1.807) is 19.4 Å². The third-order valence-electron chi connectivity index (χ3n) is 2.56. The highest BCUT2D eigenvalue weighted by Gasteiger charge is 2.09. The van der Waals surface area contributed by atoms with Gasteiger partial charge in [-0.05, 0) is 29.8 Å². The molecular formula is C14H14N2O2S. The summed E-state index contributed by atoms with van der Waals surface area (Å²) < 4.78 is 5.10. The number of thioether (sulfide) groups is 1. The van der Waals surface area contributed by atoms with Crippen molar-refractivity contribution in [2.45, 2.75) is 10.6 Å². The predicted octanol–water partition coefficient (Wildman–Crippen LogP) is 2.48. The molecule has 0 aliphatic heterocycles. The minimum absolute atomic E-state index is 0.320. The molecule has 1 aromatic heterocycles. The minimum Gasteiger partial charge on any atom is -0.497 e. The van der Waals surface area contributed by atoms with Crippen molar-refractivity contribution >= 4 is 17.7 Å². The van der Waals surface area contributed by atoms with E-state index < -0.39 is 5.91 Å². The van der Waals surface area contributed by atoms with Crippen LogP contribution in [0.5, 0.6) is 5.75 Å². The van der Waals surface area contributed by atoms with Gasteiger partial charge < -0.3 is 10.5 Å². The number of nitrogens with two attached hydrogens (primary N) is 1. The Balaban J connectivity index is 2.07. The van der Waals surface area contributed by atoms with E-state index in [1.807, 2.05) is 30.3 Å². The predicted molar refractivity (Wildman–Crippen MR) is 75.3 cm³/mol. The third kappa shape index (κ3) is 3.48. The minimum atomic E-state index is -0.502. The summed E-state index contributed by atoms with van der Waals surface area (Å²) in [5.74, 6) is 1.07. The molecule has 0 fully saturated rings. The fourth-order valence-corrected chi connectivity index (χ4v) is 2.55. The van der Waals surface area contributed by atoms with Crippen LogP contribution >= 0.6 is 11.8 Å². The van der Waals surface area contributed by atoms with Crippen molar-refractivity contribution in [3.63, 3.8) is 0 Å². The molecule has 0 bridgehead atoms. The van der Waals surface area contributed by atoms with E-state index in [-0.39, 0.29) is 0 Å². The van der Waals surface area contributed by atoms with Crippen LogP contribution < -0.4 is 10.5 Å². The lowest BCUT2D eigenvalue weighted by Crippen LogP contribution is -2.14. The number of methoxy groups -OCH3 is 1. The van der Waals surface area contributed by atoms with Crippen LogP contribution in [0.2, 0.25) is 0 Å². The Morgan fingerprint density at radius 2 is 2.05 bits per heavy atom. The molecule has 2 rings (SSSR count). The molecule has 0 aliphatic carbocycles. The number of benzene rings is 1. The summed E-state index contributed by atoms with van der Waals surface area (Å²) in [7, 11) is 1.64. The number of pyridine rings is 1. The van der Waals surface area contributed by atoms with E-state index >= 15 is 0 Å². The largest absolute Gasteiger partial charge is 0.497 e. The molecular weight excluding hydrogens is 260 g/mol. The lowest BCUT2D eigenvalue weighted by atomic mass is 10.2. The van der Waals surface area contributed by atoms with E-state index in [4.69, 9.17) is 10.5 Å². The molecule has 0 spiro atoms. The van der Waals surface area contributed by atoms with Crippen LogP contribution in [0.15, 0.2) is 47.5 Å². The summed E-state index contributed by atoms with van der Waals surface area (Å²) in [6.45, 7) is 0. The van der Waals surface area contributed by atoms with Gasteiger partial charge in [0.15, 0.2) is 0 Å². The zero-order valence-electron chi connectivity index (χ0n) is 10.5. The Bertz CT molecular complexity index is 570. The maximum Gasteiger partial charge on any atom is 0.268 e. The fourth-order valence-electron chi connectivity index (χ4n) is 1.57. The average Bonchev–Trinajstić information content (AvgIpc) is 2.46. The molecule has 1 heterocycles. The van der Waals surface area contributed by atoms with Crippen LogP contribution in [-0.2, 0) is 5.75 Å². The van der Waals surface area contributed by atoms with E-state index in [0.29, 0.717) is 5.69 Å². The van der Waals surface area contributed by atoms with Gasteiger partial charge in [0.25, 0.3) is 5.91 Å². The summed E-state index contributed by atoms with van der Waals surface area (Å²) in [6.07, 6.45) is 1.57. The Hall–Kier alpha value is -2.01. The number of primary amides is 1. The topological polar surface area (TPSA) is 65.2 Å². The standard InChI is InChI=1S/C14H14N2O2S/c1-18-11-6-4-10(5-7-11)9-19-12-3-2-8-16-13(12)14(15)17/h2-8H,9H2,1H3,(H2,15,17). The lowest BCUT2D eigenvalue weighted by Gasteiger charge is -2.06. The van der Waals surface area contributed by atoms with Crippen LogP contribution in [0.1, 0.15) is 16.1 Å². The highest BCUT2D eigenvalue weighted by atomic mass is 32.2. The number of amides is 1. The fraction of sp³-hybridized carbons (Fsp3) is 0.143. The molecule has 98 valence electrons. The number of carbonyl (C=O) groups excluding carboxylic acids is 1. The first-order chi connectivity index (χ1) is 9.20. The smallest absolute Gasteiger partial charge is 0.268 e. The molecule has 0 unspecified atom stereocenters. The van der Waals surface area contributed by atoms with Crippen LogP contribution in [0.25, 0.3) is 0 Å². The first-order valence-electron chi connectivity index (χ1n) is 5.71. The maximum absolute atomic E-state index is 11.2. The summed E-state index contributed by atoms with van der Waals surface area (Å²) in [5, 5.41) is 0. The van der Waals surface area contributed by atoms with Crippen molar-refractivity contribution in [1.29, 1.82) is 0 Å². The quantitative estimate of drug-likeness (QED) is 0.851. The Morgan fingerprint density at radius 3 is 2.68 bits per heavy atom. The van der Waals surface area contributed by atoms with Crippen molar-refractivity contribution in [2.75, 3.05) is 7.11 Å². The molecule has 0 saturated carbocycles. The average molecular weight is 274 g/mol. The number of hydrogen-bond acceptors (Lipinski definition) is 4. The third-order valence-corrected chi connectivity index (χ3v) is 3.68. The van der Waals surface area contributed by atoms with Crippen molar-refractivity contribution in [2.24, 2.45) is 5.73 Å². The SMILES string of the molecule is COc1ccc(CSc2cccnc2C(N)=O)cc1. The molecule has 0 saturated heterocycles. The monoisotopic (exact) mass is 274 g/mol. The Morgan fingerprint density at radius 1 is 1.32 bits per heavy atom. The number of aromatic nitrogens is 1. The summed E-state index contributed by atoms with van der Waals surface area (Å²) in [4.78, 5) is 16.0. The molecule has 5 heteroatoms. The molecule has 2 aromatic rings. The van der Waals surface area contributed by atoms with Crippen molar-refractivity contribution < 1.29 is 9.53 Å². The van der Waals surface area contributed by atoms with E-state index in [9.17, 15) is 4.79 Å². The molecule has 4 nitrogen and oxygen atoms in total. The zero-order chi connectivity index (χ0) is 13.7. The van der Waals surface area contributed by atoms with Crippen LogP contribution in [0.4, 0.5) is 0 Å². The first kappa shape index (κ1) is 13.4. The van der Waals surface area contributed by atoms with Gasteiger partial charge >= 0.3 is 0 Å². The van der Waals surface area contributed by atoms with Gasteiger partial charge in [0.2, 0.25) is 0 Å². The molecule has 19 heavy (non-hydrogen) atoms. The van der Waals surface area contributed by atoms with Crippen molar-refractivity contribution in [3.05, 3.63) is 53.9 Å². The molecule has 2 N–H and O–H groups in total. The number of carbonyl (C=O) groups is 1. The number of rotatable bonds is 5. The van der Waals surface area contributed by atoms with Gasteiger partial charge in [-0.1, -0.05) is 12.1 Å². The van der Waals surface area contributed by atoms with Gasteiger partial charge in [-0.25, -0.2) is 4.98 Å². The lowest BCUT2D eigenvalue weighted by molar-refractivity contribution is 0.0992. The zero-order valence-corrected chi connectivity index (χ0v) is 11.3. The Labute approximate surface area is 116 Å². The second-order valence-electron chi connectivity index (χ2n) is 3.85. The van der Waals surface area contributed by atoms with Gasteiger partial charge in [-0.3, -0.25) is 4.79 Å². The molecule has 0 atom stereocenters. The van der Waals surface area contributed by atoms with Crippen molar-refractivity contribution in [3.8, 4) is 5.75 Å². The number of ether oxygens (including phenoxy) is 1. The molecule has 0 aliphatic rings. The van der Waals surface area contributed by atoms with Crippen molar-refractivity contribution in [1.82, 2.24) is 4.98 Å². The number of hydrogen-bond donors (Lipinski definition) is 1. The van der Waals surface area contributed by atoms with Crippen LogP contribution in [0, 0.1) is 0 Å². The van der Waals surface area contributed by atoms with E-state index in [0.717, 1.165) is 22.0 Å².